The molecule has 6 heteroatoms. The maximum Gasteiger partial charge on any atom is 0.416 e. The lowest BCUT2D eigenvalue weighted by molar-refractivity contribution is -0.221. The molecule has 14 heavy (non-hydrogen) atoms. The Morgan fingerprint density at radius 2 is 1.93 bits per heavy atom. The molecular formula is C8H14F3NO2. The number of alkyl halides is 3. The summed E-state index contributed by atoms with van der Waals surface area (Å²) in [6.07, 6.45) is -5.70. The largest absolute Gasteiger partial charge is 0.416 e. The van der Waals surface area contributed by atoms with Gasteiger partial charge < -0.3 is 15.2 Å². The fourth-order valence-corrected chi connectivity index (χ4v) is 1.28. The molecule has 1 saturated heterocycles. The zero-order valence-corrected chi connectivity index (χ0v) is 7.68. The van der Waals surface area contributed by atoms with Gasteiger partial charge in [0.1, 0.15) is 0 Å². The number of nitrogens with one attached hydrogen (secondary N) is 1. The number of piperidine rings is 1. The van der Waals surface area contributed by atoms with E-state index in [1.165, 1.54) is 0 Å². The number of ether oxygens (including phenoxy) is 1. The highest BCUT2D eigenvalue weighted by atomic mass is 19.4. The summed E-state index contributed by atoms with van der Waals surface area (Å²) in [6.45, 7) is 0.855. The quantitative estimate of drug-likeness (QED) is 0.724. The van der Waals surface area contributed by atoms with Crippen molar-refractivity contribution in [1.29, 1.82) is 0 Å². The smallest absolute Gasteiger partial charge is 0.382 e. The van der Waals surface area contributed by atoms with Gasteiger partial charge >= 0.3 is 6.18 Å². The SMILES string of the molecule is OC(COC1CCNCC1)C(F)(F)F. The van der Waals surface area contributed by atoms with Gasteiger partial charge in [-0.3, -0.25) is 0 Å². The van der Waals surface area contributed by atoms with E-state index < -0.39 is 18.9 Å². The minimum absolute atomic E-state index is 0.159. The number of aliphatic hydroxyl groups excluding tert-OH is 1. The molecule has 0 spiro atoms. The van der Waals surface area contributed by atoms with E-state index in [2.05, 4.69) is 5.32 Å². The summed E-state index contributed by atoms with van der Waals surface area (Å²) in [5.74, 6) is 0. The second-order valence-electron chi connectivity index (χ2n) is 3.34. The van der Waals surface area contributed by atoms with Crippen LogP contribution in [-0.4, -0.2) is 43.2 Å². The van der Waals surface area contributed by atoms with Gasteiger partial charge in [0, 0.05) is 0 Å². The summed E-state index contributed by atoms with van der Waals surface area (Å²) >= 11 is 0. The number of aliphatic hydroxyl groups is 1. The third-order valence-electron chi connectivity index (χ3n) is 2.15. The molecule has 0 radical (unpaired) electrons. The van der Waals surface area contributed by atoms with E-state index in [1.807, 2.05) is 0 Å². The molecular weight excluding hydrogens is 199 g/mol. The Labute approximate surface area is 80.2 Å². The molecule has 1 aliphatic heterocycles. The van der Waals surface area contributed by atoms with Crippen molar-refractivity contribution in [3.8, 4) is 0 Å². The molecule has 84 valence electrons. The van der Waals surface area contributed by atoms with Crippen molar-refractivity contribution in [2.45, 2.75) is 31.2 Å². The molecule has 1 fully saturated rings. The highest BCUT2D eigenvalue weighted by molar-refractivity contribution is 4.70. The molecule has 0 aliphatic carbocycles. The Kier molecular flexibility index (Phi) is 4.15. The second kappa shape index (κ2) is 4.95. The van der Waals surface area contributed by atoms with Crippen LogP contribution in [0, 0.1) is 0 Å². The van der Waals surface area contributed by atoms with Crippen LogP contribution in [0.25, 0.3) is 0 Å². The lowest BCUT2D eigenvalue weighted by Crippen LogP contribution is -2.38. The molecule has 0 saturated carbocycles. The van der Waals surface area contributed by atoms with Crippen LogP contribution in [0.1, 0.15) is 12.8 Å². The summed E-state index contributed by atoms with van der Waals surface area (Å²) in [4.78, 5) is 0. The number of halogens is 3. The number of rotatable bonds is 3. The first-order chi connectivity index (χ1) is 6.50. The van der Waals surface area contributed by atoms with Gasteiger partial charge in [0.05, 0.1) is 12.7 Å². The normalized spacial score (nSPS) is 22.3. The van der Waals surface area contributed by atoms with Gasteiger partial charge in [0.25, 0.3) is 0 Å². The van der Waals surface area contributed by atoms with Gasteiger partial charge in [-0.25, -0.2) is 0 Å². The fourth-order valence-electron chi connectivity index (χ4n) is 1.28. The van der Waals surface area contributed by atoms with Gasteiger partial charge in [0.15, 0.2) is 6.10 Å². The van der Waals surface area contributed by atoms with E-state index in [0.717, 1.165) is 13.1 Å². The van der Waals surface area contributed by atoms with E-state index in [0.29, 0.717) is 12.8 Å². The maximum absolute atomic E-state index is 11.9. The standard InChI is InChI=1S/C8H14F3NO2/c9-8(10,11)7(13)5-14-6-1-3-12-4-2-6/h6-7,12-13H,1-5H2. The topological polar surface area (TPSA) is 41.5 Å². The summed E-state index contributed by atoms with van der Waals surface area (Å²) in [5, 5.41) is 11.7. The maximum atomic E-state index is 11.9. The van der Waals surface area contributed by atoms with E-state index in [-0.39, 0.29) is 6.10 Å². The third kappa shape index (κ3) is 3.81. The molecule has 0 bridgehead atoms. The molecule has 0 aromatic carbocycles. The van der Waals surface area contributed by atoms with Crippen molar-refractivity contribution < 1.29 is 23.0 Å². The van der Waals surface area contributed by atoms with Crippen LogP contribution in [0.15, 0.2) is 0 Å². The fraction of sp³-hybridized carbons (Fsp3) is 1.00. The predicted molar refractivity (Wildman–Crippen MR) is 43.9 cm³/mol. The Balaban J connectivity index is 2.19. The molecule has 1 rings (SSSR count). The number of hydrogen-bond donors (Lipinski definition) is 2. The Hall–Kier alpha value is -0.330. The minimum atomic E-state index is -4.58. The second-order valence-corrected chi connectivity index (χ2v) is 3.34. The summed E-state index contributed by atoms with van der Waals surface area (Å²) in [7, 11) is 0. The highest BCUT2D eigenvalue weighted by Crippen LogP contribution is 2.21. The van der Waals surface area contributed by atoms with Crippen molar-refractivity contribution in [3.63, 3.8) is 0 Å². The van der Waals surface area contributed by atoms with Gasteiger partial charge in [-0.2, -0.15) is 13.2 Å². The van der Waals surface area contributed by atoms with Crippen LogP contribution in [0.2, 0.25) is 0 Å². The zero-order valence-electron chi connectivity index (χ0n) is 7.68. The Morgan fingerprint density at radius 1 is 1.36 bits per heavy atom. The van der Waals surface area contributed by atoms with Crippen LogP contribution in [0.4, 0.5) is 13.2 Å². The number of hydrogen-bond acceptors (Lipinski definition) is 3. The van der Waals surface area contributed by atoms with Crippen molar-refractivity contribution in [2.75, 3.05) is 19.7 Å². The molecule has 2 N–H and O–H groups in total. The molecule has 1 aliphatic rings. The van der Waals surface area contributed by atoms with Crippen molar-refractivity contribution in [1.82, 2.24) is 5.32 Å². The van der Waals surface area contributed by atoms with E-state index in [1.54, 1.807) is 0 Å². The van der Waals surface area contributed by atoms with Crippen molar-refractivity contribution >= 4 is 0 Å². The van der Waals surface area contributed by atoms with E-state index in [4.69, 9.17) is 9.84 Å². The molecule has 1 atom stereocenters. The first-order valence-electron chi connectivity index (χ1n) is 4.57. The molecule has 0 amide bonds. The lowest BCUT2D eigenvalue weighted by atomic mass is 10.1. The molecule has 0 aromatic rings. The first kappa shape index (κ1) is 11.7. The Bertz CT molecular complexity index is 168. The molecule has 1 unspecified atom stereocenters. The Morgan fingerprint density at radius 3 is 2.43 bits per heavy atom. The molecule has 1 heterocycles. The van der Waals surface area contributed by atoms with Crippen LogP contribution in [0.5, 0.6) is 0 Å². The van der Waals surface area contributed by atoms with Gasteiger partial charge in [-0.05, 0) is 25.9 Å². The molecule has 3 nitrogen and oxygen atoms in total. The minimum Gasteiger partial charge on any atom is -0.382 e. The third-order valence-corrected chi connectivity index (χ3v) is 2.15. The van der Waals surface area contributed by atoms with Gasteiger partial charge in [-0.1, -0.05) is 0 Å². The zero-order chi connectivity index (χ0) is 10.6. The highest BCUT2D eigenvalue weighted by Gasteiger charge is 2.38. The summed E-state index contributed by atoms with van der Waals surface area (Å²) in [5.41, 5.74) is 0. The van der Waals surface area contributed by atoms with Crippen molar-refractivity contribution in [2.24, 2.45) is 0 Å². The van der Waals surface area contributed by atoms with Gasteiger partial charge in [0.2, 0.25) is 0 Å². The van der Waals surface area contributed by atoms with Gasteiger partial charge in [-0.15, -0.1) is 0 Å². The van der Waals surface area contributed by atoms with E-state index in [9.17, 15) is 13.2 Å². The average Bonchev–Trinajstić information content (AvgIpc) is 2.14. The monoisotopic (exact) mass is 213 g/mol. The van der Waals surface area contributed by atoms with Crippen LogP contribution >= 0.6 is 0 Å². The molecule has 0 aromatic heterocycles. The predicted octanol–water partition coefficient (Wildman–Crippen LogP) is 0.678. The average molecular weight is 213 g/mol. The van der Waals surface area contributed by atoms with E-state index >= 15 is 0 Å². The first-order valence-corrected chi connectivity index (χ1v) is 4.57. The summed E-state index contributed by atoms with van der Waals surface area (Å²) in [6, 6.07) is 0. The van der Waals surface area contributed by atoms with Crippen molar-refractivity contribution in [3.05, 3.63) is 0 Å². The lowest BCUT2D eigenvalue weighted by Gasteiger charge is -2.24. The summed E-state index contributed by atoms with van der Waals surface area (Å²) < 4.78 is 40.5. The van der Waals surface area contributed by atoms with Crippen LogP contribution in [-0.2, 0) is 4.74 Å². The van der Waals surface area contributed by atoms with Crippen LogP contribution < -0.4 is 5.32 Å². The van der Waals surface area contributed by atoms with Crippen LogP contribution in [0.3, 0.4) is 0 Å².